The number of amides is 2. The molecule has 0 aliphatic heterocycles. The maximum absolute atomic E-state index is 14.2. The van der Waals surface area contributed by atoms with Crippen LogP contribution in [-0.2, 0) is 26.2 Å². The second-order valence-electron chi connectivity index (χ2n) is 9.99. The molecule has 3 aromatic carbocycles. The summed E-state index contributed by atoms with van der Waals surface area (Å²) in [6.45, 7) is 1.37. The van der Waals surface area contributed by atoms with Gasteiger partial charge in [0, 0.05) is 17.1 Å². The summed E-state index contributed by atoms with van der Waals surface area (Å²) in [5.74, 6) is -0.781. The molecule has 3 aromatic rings. The molecule has 0 radical (unpaired) electrons. The molecule has 1 aliphatic carbocycles. The lowest BCUT2D eigenvalue weighted by Crippen LogP contribution is -2.53. The zero-order valence-electron chi connectivity index (χ0n) is 22.6. The number of halogens is 3. The van der Waals surface area contributed by atoms with Gasteiger partial charge in [0.05, 0.1) is 20.6 Å². The quantitative estimate of drug-likeness (QED) is 0.241. The molecule has 0 spiro atoms. The summed E-state index contributed by atoms with van der Waals surface area (Å²) in [6.07, 6.45) is 4.23. The van der Waals surface area contributed by atoms with Crippen molar-refractivity contribution in [3.05, 3.63) is 92.9 Å². The molecule has 41 heavy (non-hydrogen) atoms. The van der Waals surface area contributed by atoms with E-state index >= 15 is 0 Å². The fourth-order valence-electron chi connectivity index (χ4n) is 5.00. The Morgan fingerprint density at radius 3 is 2.32 bits per heavy atom. The summed E-state index contributed by atoms with van der Waals surface area (Å²) in [5.41, 5.74) is 0.981. The van der Waals surface area contributed by atoms with Gasteiger partial charge < -0.3 is 10.2 Å². The first kappa shape index (κ1) is 31.3. The van der Waals surface area contributed by atoms with Crippen LogP contribution in [-0.4, -0.2) is 43.8 Å². The number of rotatable bonds is 11. The van der Waals surface area contributed by atoms with Crippen LogP contribution in [0.1, 0.15) is 44.6 Å². The van der Waals surface area contributed by atoms with Crippen LogP contribution in [0.3, 0.4) is 0 Å². The third-order valence-corrected chi connectivity index (χ3v) is 10.2. The van der Waals surface area contributed by atoms with E-state index in [4.69, 9.17) is 23.2 Å². The second kappa shape index (κ2) is 14.1. The van der Waals surface area contributed by atoms with Crippen LogP contribution in [0.15, 0.2) is 82.2 Å². The maximum atomic E-state index is 14.2. The number of carbonyl (C=O) groups excluding carboxylic acids is 2. The number of nitrogens with zero attached hydrogens (tertiary/aromatic N) is 2. The van der Waals surface area contributed by atoms with E-state index in [0.29, 0.717) is 32.2 Å². The van der Waals surface area contributed by atoms with E-state index in [2.05, 4.69) is 21.2 Å². The van der Waals surface area contributed by atoms with Crippen molar-refractivity contribution in [3.8, 4) is 0 Å². The van der Waals surface area contributed by atoms with Gasteiger partial charge in [0.25, 0.3) is 10.0 Å². The van der Waals surface area contributed by atoms with Crippen molar-refractivity contribution in [1.82, 2.24) is 10.2 Å². The molecule has 2 amide bonds. The Morgan fingerprint density at radius 2 is 1.68 bits per heavy atom. The summed E-state index contributed by atoms with van der Waals surface area (Å²) < 4.78 is 29.5. The fourth-order valence-corrected chi connectivity index (χ4v) is 7.14. The molecule has 0 heterocycles. The van der Waals surface area contributed by atoms with E-state index in [1.807, 2.05) is 6.92 Å². The third-order valence-electron chi connectivity index (χ3n) is 7.13. The Balaban J connectivity index is 1.72. The standard InChI is InChI=1S/C30H32BrCl2N3O4S/c1-2-28(30(38)34-23-10-6-7-11-23)35(19-21-15-16-26(32)27(33)17-21)29(37)20-36(24-12-8-9-22(31)18-24)41(39,40)25-13-4-3-5-14-25/h3-5,8-9,12-18,23,28H,2,6-7,10-11,19-20H2,1H3,(H,34,38). The molecule has 1 unspecified atom stereocenters. The first-order valence-corrected chi connectivity index (χ1v) is 16.5. The molecule has 218 valence electrons. The Morgan fingerprint density at radius 1 is 0.976 bits per heavy atom. The normalized spacial score (nSPS) is 14.4. The molecule has 0 aromatic heterocycles. The van der Waals surface area contributed by atoms with Crippen molar-refractivity contribution in [2.24, 2.45) is 0 Å². The van der Waals surface area contributed by atoms with Crippen LogP contribution in [0.2, 0.25) is 10.0 Å². The van der Waals surface area contributed by atoms with Crippen LogP contribution in [0.25, 0.3) is 0 Å². The van der Waals surface area contributed by atoms with E-state index in [0.717, 1.165) is 30.0 Å². The minimum Gasteiger partial charge on any atom is -0.352 e. The van der Waals surface area contributed by atoms with Crippen LogP contribution >= 0.6 is 39.1 Å². The van der Waals surface area contributed by atoms with Gasteiger partial charge >= 0.3 is 0 Å². The Kier molecular flexibility index (Phi) is 10.7. The molecule has 4 rings (SSSR count). The van der Waals surface area contributed by atoms with Gasteiger partial charge in [-0.15, -0.1) is 0 Å². The highest BCUT2D eigenvalue weighted by atomic mass is 79.9. The highest BCUT2D eigenvalue weighted by Crippen LogP contribution is 2.28. The molecule has 1 N–H and O–H groups in total. The highest BCUT2D eigenvalue weighted by molar-refractivity contribution is 9.10. The van der Waals surface area contributed by atoms with Gasteiger partial charge in [0.1, 0.15) is 12.6 Å². The van der Waals surface area contributed by atoms with Crippen LogP contribution in [0, 0.1) is 0 Å². The second-order valence-corrected chi connectivity index (χ2v) is 13.6. The number of hydrogen-bond acceptors (Lipinski definition) is 4. The number of carbonyl (C=O) groups is 2. The smallest absolute Gasteiger partial charge is 0.264 e. The molecular weight excluding hydrogens is 649 g/mol. The topological polar surface area (TPSA) is 86.8 Å². The third kappa shape index (κ3) is 7.83. The van der Waals surface area contributed by atoms with Crippen LogP contribution in [0.5, 0.6) is 0 Å². The number of sulfonamides is 1. The molecular formula is C30H32BrCl2N3O4S. The van der Waals surface area contributed by atoms with Crippen molar-refractivity contribution in [3.63, 3.8) is 0 Å². The highest BCUT2D eigenvalue weighted by Gasteiger charge is 2.34. The summed E-state index contributed by atoms with van der Waals surface area (Å²) in [5, 5.41) is 3.79. The minimum absolute atomic E-state index is 0.0457. The van der Waals surface area contributed by atoms with Gasteiger partial charge in [-0.25, -0.2) is 8.42 Å². The molecule has 1 fully saturated rings. The minimum atomic E-state index is -4.13. The van der Waals surface area contributed by atoms with Crippen LogP contribution < -0.4 is 9.62 Å². The number of anilines is 1. The molecule has 1 aliphatic rings. The predicted molar refractivity (Wildman–Crippen MR) is 167 cm³/mol. The lowest BCUT2D eigenvalue weighted by atomic mass is 10.1. The van der Waals surface area contributed by atoms with Crippen molar-refractivity contribution < 1.29 is 18.0 Å². The lowest BCUT2D eigenvalue weighted by Gasteiger charge is -2.34. The van der Waals surface area contributed by atoms with Crippen molar-refractivity contribution >= 4 is 66.7 Å². The first-order valence-electron chi connectivity index (χ1n) is 13.5. The van der Waals surface area contributed by atoms with Gasteiger partial charge in [-0.05, 0) is 67.3 Å². The maximum Gasteiger partial charge on any atom is 0.264 e. The Labute approximate surface area is 260 Å². The van der Waals surface area contributed by atoms with E-state index in [1.165, 1.54) is 17.0 Å². The van der Waals surface area contributed by atoms with Crippen molar-refractivity contribution in [2.75, 3.05) is 10.8 Å². The molecule has 11 heteroatoms. The monoisotopic (exact) mass is 679 g/mol. The zero-order chi connectivity index (χ0) is 29.6. The van der Waals surface area contributed by atoms with Gasteiger partial charge in [0.2, 0.25) is 11.8 Å². The zero-order valence-corrected chi connectivity index (χ0v) is 26.5. The SMILES string of the molecule is CCC(C(=O)NC1CCCC1)N(Cc1ccc(Cl)c(Cl)c1)C(=O)CN(c1cccc(Br)c1)S(=O)(=O)c1ccccc1. The number of hydrogen-bond donors (Lipinski definition) is 1. The Bertz CT molecular complexity index is 1480. The van der Waals surface area contributed by atoms with Gasteiger partial charge in [-0.2, -0.15) is 0 Å². The van der Waals surface area contributed by atoms with E-state index in [1.54, 1.807) is 60.7 Å². The van der Waals surface area contributed by atoms with Gasteiger partial charge in [-0.3, -0.25) is 13.9 Å². The van der Waals surface area contributed by atoms with E-state index in [-0.39, 0.29) is 23.4 Å². The lowest BCUT2D eigenvalue weighted by molar-refractivity contribution is -0.140. The largest absolute Gasteiger partial charge is 0.352 e. The molecule has 7 nitrogen and oxygen atoms in total. The fraction of sp³-hybridized carbons (Fsp3) is 0.333. The molecule has 1 saturated carbocycles. The van der Waals surface area contributed by atoms with Crippen molar-refractivity contribution in [1.29, 1.82) is 0 Å². The molecule has 1 atom stereocenters. The summed E-state index contributed by atoms with van der Waals surface area (Å²) in [4.78, 5) is 29.2. The van der Waals surface area contributed by atoms with E-state index < -0.39 is 28.5 Å². The summed E-state index contributed by atoms with van der Waals surface area (Å²) in [6, 6.07) is 19.0. The van der Waals surface area contributed by atoms with Gasteiger partial charge in [-0.1, -0.05) is 89.2 Å². The average Bonchev–Trinajstić information content (AvgIpc) is 3.46. The Hall–Kier alpha value is -2.59. The summed E-state index contributed by atoms with van der Waals surface area (Å²) in [7, 11) is -4.13. The summed E-state index contributed by atoms with van der Waals surface area (Å²) >= 11 is 15.8. The van der Waals surface area contributed by atoms with Gasteiger partial charge in [0.15, 0.2) is 0 Å². The first-order chi connectivity index (χ1) is 19.6. The number of nitrogens with one attached hydrogen (secondary N) is 1. The molecule has 0 saturated heterocycles. The average molecular weight is 681 g/mol. The van der Waals surface area contributed by atoms with Crippen molar-refractivity contribution in [2.45, 2.75) is 62.6 Å². The van der Waals surface area contributed by atoms with Crippen LogP contribution in [0.4, 0.5) is 5.69 Å². The molecule has 0 bridgehead atoms. The number of benzene rings is 3. The predicted octanol–water partition coefficient (Wildman–Crippen LogP) is 6.82. The van der Waals surface area contributed by atoms with E-state index in [9.17, 15) is 18.0 Å².